The number of aliphatic carboxylic acids is 1. The molecule has 1 rings (SSSR count). The Morgan fingerprint density at radius 3 is 2.40 bits per heavy atom. The molecule has 1 atom stereocenters. The van der Waals surface area contributed by atoms with Gasteiger partial charge in [-0.15, -0.1) is 0 Å². The third-order valence-corrected chi connectivity index (χ3v) is 1.65. The Morgan fingerprint density at radius 1 is 1.40 bits per heavy atom. The summed E-state index contributed by atoms with van der Waals surface area (Å²) in [7, 11) is 0. The SMILES string of the molecule is O=C([O-])[C@H](O)c1ccccc1[N+](=O)[O-].[Na+]. The van der Waals surface area contributed by atoms with Crippen LogP contribution < -0.4 is 34.7 Å². The third kappa shape index (κ3) is 3.28. The summed E-state index contributed by atoms with van der Waals surface area (Å²) < 4.78 is 0. The first-order valence-electron chi connectivity index (χ1n) is 3.66. The number of hydrogen-bond donors (Lipinski definition) is 1. The van der Waals surface area contributed by atoms with Crippen LogP contribution in [0.15, 0.2) is 24.3 Å². The molecule has 0 aromatic heterocycles. The number of nitro benzene ring substituents is 1. The van der Waals surface area contributed by atoms with Crippen molar-refractivity contribution in [3.63, 3.8) is 0 Å². The van der Waals surface area contributed by atoms with Crippen molar-refractivity contribution in [1.82, 2.24) is 0 Å². The first-order chi connectivity index (χ1) is 6.54. The maximum atomic E-state index is 10.4. The van der Waals surface area contributed by atoms with Crippen LogP contribution >= 0.6 is 0 Å². The minimum atomic E-state index is -1.98. The van der Waals surface area contributed by atoms with E-state index in [9.17, 15) is 20.0 Å². The molecule has 0 radical (unpaired) electrons. The second-order valence-electron chi connectivity index (χ2n) is 2.54. The molecule has 0 aliphatic heterocycles. The summed E-state index contributed by atoms with van der Waals surface area (Å²) in [5.41, 5.74) is -0.721. The van der Waals surface area contributed by atoms with E-state index in [2.05, 4.69) is 0 Å². The number of nitro groups is 1. The predicted octanol–water partition coefficient (Wildman–Crippen LogP) is -3.62. The van der Waals surface area contributed by atoms with Crippen LogP contribution in [0.1, 0.15) is 11.7 Å². The number of rotatable bonds is 3. The molecule has 0 spiro atoms. The number of aliphatic hydroxyl groups is 1. The van der Waals surface area contributed by atoms with Gasteiger partial charge < -0.3 is 15.0 Å². The minimum absolute atomic E-state index is 0. The van der Waals surface area contributed by atoms with Gasteiger partial charge in [0.05, 0.1) is 16.5 Å². The number of carbonyl (C=O) groups excluding carboxylic acids is 1. The zero-order valence-electron chi connectivity index (χ0n) is 7.91. The zero-order valence-corrected chi connectivity index (χ0v) is 9.91. The first-order valence-corrected chi connectivity index (χ1v) is 3.66. The summed E-state index contributed by atoms with van der Waals surface area (Å²) >= 11 is 0. The van der Waals surface area contributed by atoms with Crippen LogP contribution in [0, 0.1) is 10.1 Å². The Hall–Kier alpha value is -0.950. The van der Waals surface area contributed by atoms with Gasteiger partial charge in [0, 0.05) is 6.07 Å². The number of carboxylic acid groups (broad SMARTS) is 1. The van der Waals surface area contributed by atoms with Gasteiger partial charge in [0.15, 0.2) is 0 Å². The molecule has 1 N–H and O–H groups in total. The number of nitrogens with zero attached hydrogens (tertiary/aromatic N) is 1. The molecule has 0 aliphatic carbocycles. The van der Waals surface area contributed by atoms with Gasteiger partial charge in [-0.3, -0.25) is 10.1 Å². The van der Waals surface area contributed by atoms with Gasteiger partial charge in [-0.1, -0.05) is 12.1 Å². The molecule has 1 aromatic carbocycles. The molecule has 1 aromatic rings. The van der Waals surface area contributed by atoms with Crippen molar-refractivity contribution in [3.05, 3.63) is 39.9 Å². The Morgan fingerprint density at radius 2 is 1.93 bits per heavy atom. The molecule has 7 heteroatoms. The number of hydrogen-bond acceptors (Lipinski definition) is 5. The van der Waals surface area contributed by atoms with E-state index in [1.807, 2.05) is 0 Å². The number of carboxylic acids is 1. The average molecular weight is 219 g/mol. The van der Waals surface area contributed by atoms with Crippen molar-refractivity contribution in [2.24, 2.45) is 0 Å². The van der Waals surface area contributed by atoms with Crippen LogP contribution in [0.3, 0.4) is 0 Å². The van der Waals surface area contributed by atoms with E-state index in [0.29, 0.717) is 0 Å². The standard InChI is InChI=1S/C8H7NO5.Na/c10-7(8(11)12)5-3-1-2-4-6(5)9(13)14;/h1-4,7,10H,(H,11,12);/q;+1/p-1/t7-;/m1./s1. The molecular formula is C8H6NNaO5. The van der Waals surface area contributed by atoms with E-state index in [4.69, 9.17) is 5.11 Å². The fourth-order valence-electron chi connectivity index (χ4n) is 1.01. The van der Waals surface area contributed by atoms with E-state index in [1.54, 1.807) is 0 Å². The summed E-state index contributed by atoms with van der Waals surface area (Å²) in [6, 6.07) is 5.05. The van der Waals surface area contributed by atoms with Crippen molar-refractivity contribution in [2.75, 3.05) is 0 Å². The van der Waals surface area contributed by atoms with Gasteiger partial charge in [0.25, 0.3) is 5.69 Å². The predicted molar refractivity (Wildman–Crippen MR) is 43.1 cm³/mol. The molecule has 15 heavy (non-hydrogen) atoms. The fourth-order valence-corrected chi connectivity index (χ4v) is 1.01. The largest absolute Gasteiger partial charge is 1.00 e. The monoisotopic (exact) mass is 219 g/mol. The quantitative estimate of drug-likeness (QED) is 0.321. The Bertz CT molecular complexity index is 381. The van der Waals surface area contributed by atoms with Crippen LogP contribution in [-0.2, 0) is 4.79 Å². The second-order valence-corrected chi connectivity index (χ2v) is 2.54. The number of para-hydroxylation sites is 1. The molecular weight excluding hydrogens is 213 g/mol. The maximum Gasteiger partial charge on any atom is 1.00 e. The fraction of sp³-hybridized carbons (Fsp3) is 0.125. The third-order valence-electron chi connectivity index (χ3n) is 1.65. The first kappa shape index (κ1) is 14.1. The second kappa shape index (κ2) is 5.82. The van der Waals surface area contributed by atoms with E-state index in [1.165, 1.54) is 18.2 Å². The number of benzene rings is 1. The van der Waals surface area contributed by atoms with E-state index >= 15 is 0 Å². The van der Waals surface area contributed by atoms with Gasteiger partial charge in [0.2, 0.25) is 0 Å². The molecule has 0 unspecified atom stereocenters. The van der Waals surface area contributed by atoms with Gasteiger partial charge in [-0.2, -0.15) is 0 Å². The van der Waals surface area contributed by atoms with Crippen LogP contribution in [-0.4, -0.2) is 16.0 Å². The van der Waals surface area contributed by atoms with Crippen LogP contribution in [0.25, 0.3) is 0 Å². The normalized spacial score (nSPS) is 11.3. The molecule has 6 nitrogen and oxygen atoms in total. The number of carbonyl (C=O) groups is 1. The van der Waals surface area contributed by atoms with Gasteiger partial charge >= 0.3 is 29.6 Å². The van der Waals surface area contributed by atoms with Gasteiger partial charge in [-0.05, 0) is 6.07 Å². The topological polar surface area (TPSA) is 104 Å². The smallest absolute Gasteiger partial charge is 0.547 e. The van der Waals surface area contributed by atoms with E-state index in [0.717, 1.165) is 6.07 Å². The summed E-state index contributed by atoms with van der Waals surface area (Å²) in [5.74, 6) is -1.76. The van der Waals surface area contributed by atoms with Crippen molar-refractivity contribution >= 4 is 11.7 Å². The minimum Gasteiger partial charge on any atom is -0.547 e. The van der Waals surface area contributed by atoms with Gasteiger partial charge in [0.1, 0.15) is 6.10 Å². The molecule has 74 valence electrons. The Kier molecular flexibility index (Phi) is 5.45. The van der Waals surface area contributed by atoms with E-state index in [-0.39, 0.29) is 35.1 Å². The van der Waals surface area contributed by atoms with Crippen molar-refractivity contribution in [2.45, 2.75) is 6.10 Å². The van der Waals surface area contributed by atoms with Crippen LogP contribution in [0.5, 0.6) is 0 Å². The van der Waals surface area contributed by atoms with Crippen molar-refractivity contribution in [3.8, 4) is 0 Å². The molecule has 0 amide bonds. The van der Waals surface area contributed by atoms with E-state index < -0.39 is 22.7 Å². The van der Waals surface area contributed by atoms with Crippen molar-refractivity contribution < 1.29 is 49.5 Å². The number of aliphatic hydroxyl groups excluding tert-OH is 1. The Labute approximate surface area is 107 Å². The summed E-state index contributed by atoms with van der Waals surface area (Å²) in [5, 5.41) is 29.8. The van der Waals surface area contributed by atoms with Crippen LogP contribution in [0.2, 0.25) is 0 Å². The molecule has 0 fully saturated rings. The zero-order chi connectivity index (χ0) is 10.7. The molecule has 0 saturated carbocycles. The maximum absolute atomic E-state index is 10.4. The van der Waals surface area contributed by atoms with Crippen LogP contribution in [0.4, 0.5) is 5.69 Å². The molecule has 0 bridgehead atoms. The van der Waals surface area contributed by atoms with Gasteiger partial charge in [-0.25, -0.2) is 0 Å². The summed E-state index contributed by atoms with van der Waals surface area (Å²) in [6.07, 6.45) is -1.98. The average Bonchev–Trinajstić information content (AvgIpc) is 2.16. The molecule has 0 saturated heterocycles. The molecule has 0 aliphatic rings. The summed E-state index contributed by atoms with van der Waals surface area (Å²) in [4.78, 5) is 20.0. The summed E-state index contributed by atoms with van der Waals surface area (Å²) in [6.45, 7) is 0. The van der Waals surface area contributed by atoms with Crippen molar-refractivity contribution in [1.29, 1.82) is 0 Å². The molecule has 0 heterocycles. The Balaban J connectivity index is 0.00000196.